The van der Waals surface area contributed by atoms with Crippen LogP contribution in [0.3, 0.4) is 0 Å². The second-order valence-electron chi connectivity index (χ2n) is 8.97. The molecule has 3 heterocycles. The van der Waals surface area contributed by atoms with Gasteiger partial charge >= 0.3 is 5.97 Å². The molecule has 0 aliphatic carbocycles. The Hall–Kier alpha value is -2.19. The quantitative estimate of drug-likeness (QED) is 0.277. The van der Waals surface area contributed by atoms with E-state index < -0.39 is 35.6 Å². The number of hydrogen-bond acceptors (Lipinski definition) is 6. The lowest BCUT2D eigenvalue weighted by Crippen LogP contribution is -2.58. The Labute approximate surface area is 190 Å². The van der Waals surface area contributed by atoms with E-state index in [1.807, 2.05) is 6.92 Å². The number of nitrogens with zero attached hydrogens (tertiary/aromatic N) is 2. The van der Waals surface area contributed by atoms with Crippen molar-refractivity contribution in [3.63, 3.8) is 0 Å². The Morgan fingerprint density at radius 1 is 1.41 bits per heavy atom. The number of aliphatic hydroxyl groups excluding tert-OH is 1. The lowest BCUT2D eigenvalue weighted by Gasteiger charge is -2.38. The molecular formula is C24H36N2O6. The molecule has 2 bridgehead atoms. The summed E-state index contributed by atoms with van der Waals surface area (Å²) in [6.07, 6.45) is 6.27. The van der Waals surface area contributed by atoms with Crippen molar-refractivity contribution in [1.29, 1.82) is 0 Å². The van der Waals surface area contributed by atoms with Crippen LogP contribution in [0.1, 0.15) is 46.0 Å². The first kappa shape index (κ1) is 24.5. The van der Waals surface area contributed by atoms with Gasteiger partial charge in [0.25, 0.3) is 0 Å². The monoisotopic (exact) mass is 448 g/mol. The van der Waals surface area contributed by atoms with Gasteiger partial charge in [-0.2, -0.15) is 0 Å². The predicted octanol–water partition coefficient (Wildman–Crippen LogP) is 1.68. The minimum absolute atomic E-state index is 0.0177. The highest BCUT2D eigenvalue weighted by molar-refractivity contribution is 5.98. The van der Waals surface area contributed by atoms with E-state index >= 15 is 0 Å². The zero-order chi connectivity index (χ0) is 23.5. The van der Waals surface area contributed by atoms with Gasteiger partial charge < -0.3 is 24.4 Å². The highest BCUT2D eigenvalue weighted by Gasteiger charge is 2.75. The van der Waals surface area contributed by atoms with Gasteiger partial charge in [0.15, 0.2) is 0 Å². The van der Waals surface area contributed by atoms with Gasteiger partial charge in [-0.1, -0.05) is 25.5 Å². The fourth-order valence-corrected chi connectivity index (χ4v) is 5.74. The van der Waals surface area contributed by atoms with Crippen molar-refractivity contribution < 1.29 is 29.0 Å². The number of amides is 2. The Balaban J connectivity index is 1.95. The van der Waals surface area contributed by atoms with Gasteiger partial charge in [-0.05, 0) is 32.6 Å². The molecule has 3 fully saturated rings. The van der Waals surface area contributed by atoms with E-state index in [-0.39, 0.29) is 37.6 Å². The maximum Gasteiger partial charge on any atom is 0.312 e. The predicted molar refractivity (Wildman–Crippen MR) is 118 cm³/mol. The topological polar surface area (TPSA) is 96.4 Å². The molecule has 0 radical (unpaired) electrons. The van der Waals surface area contributed by atoms with Crippen molar-refractivity contribution in [1.82, 2.24) is 9.80 Å². The van der Waals surface area contributed by atoms with E-state index in [1.165, 1.54) is 4.90 Å². The Morgan fingerprint density at radius 2 is 2.16 bits per heavy atom. The smallest absolute Gasteiger partial charge is 0.312 e. The van der Waals surface area contributed by atoms with Crippen LogP contribution in [0.5, 0.6) is 0 Å². The second kappa shape index (κ2) is 10.2. The molecule has 3 rings (SSSR count). The first-order valence-corrected chi connectivity index (χ1v) is 11.7. The minimum Gasteiger partial charge on any atom is -0.465 e. The first-order valence-electron chi connectivity index (χ1n) is 11.7. The maximum atomic E-state index is 13.9. The van der Waals surface area contributed by atoms with Crippen LogP contribution in [0.2, 0.25) is 0 Å². The zero-order valence-corrected chi connectivity index (χ0v) is 19.2. The molecule has 3 saturated heterocycles. The number of rotatable bonds is 12. The van der Waals surface area contributed by atoms with Crippen LogP contribution in [0.25, 0.3) is 0 Å². The molecule has 32 heavy (non-hydrogen) atoms. The molecule has 3 aliphatic rings. The second-order valence-corrected chi connectivity index (χ2v) is 8.97. The number of aliphatic hydroxyl groups is 1. The molecule has 0 aromatic carbocycles. The summed E-state index contributed by atoms with van der Waals surface area (Å²) in [5, 5.41) is 9.65. The molecule has 3 aliphatic heterocycles. The minimum atomic E-state index is -1.07. The highest BCUT2D eigenvalue weighted by atomic mass is 16.6. The van der Waals surface area contributed by atoms with Crippen molar-refractivity contribution in [2.45, 2.75) is 69.7 Å². The van der Waals surface area contributed by atoms with Gasteiger partial charge in [0.2, 0.25) is 11.8 Å². The standard InChI is InChI=1S/C24H36N2O6/c1-5-8-15-31-23(30)18-17-10-11-24(32-17)19(18)21(28)26(13-14-27)20(24)22(29)25(12-7-3)16(4)9-6-2/h5,7,16-20,27H,1,3,6,8-15H2,2,4H3/t16?,17-,18+,19-,20?,24?/m0/s1. The number of esters is 1. The van der Waals surface area contributed by atoms with E-state index in [2.05, 4.69) is 20.1 Å². The lowest BCUT2D eigenvalue weighted by atomic mass is 9.70. The van der Waals surface area contributed by atoms with Gasteiger partial charge in [-0.15, -0.1) is 13.2 Å². The Kier molecular flexibility index (Phi) is 7.77. The molecule has 0 aromatic rings. The number of ether oxygens (including phenoxy) is 2. The van der Waals surface area contributed by atoms with Crippen LogP contribution in [0.15, 0.2) is 25.3 Å². The number of hydrogen-bond donors (Lipinski definition) is 1. The molecule has 6 atom stereocenters. The van der Waals surface area contributed by atoms with Crippen LogP contribution < -0.4 is 0 Å². The maximum absolute atomic E-state index is 13.9. The Morgan fingerprint density at radius 3 is 2.78 bits per heavy atom. The summed E-state index contributed by atoms with van der Waals surface area (Å²) in [5.74, 6) is -2.49. The largest absolute Gasteiger partial charge is 0.465 e. The average molecular weight is 449 g/mol. The Bertz CT molecular complexity index is 755. The third-order valence-corrected chi connectivity index (χ3v) is 7.06. The number of carbonyl (C=O) groups is 3. The van der Waals surface area contributed by atoms with Gasteiger partial charge in [-0.3, -0.25) is 14.4 Å². The van der Waals surface area contributed by atoms with Crippen molar-refractivity contribution in [3.05, 3.63) is 25.3 Å². The SMILES string of the molecule is C=CCCOC(=O)[C@@H]1[C@@H]2CCC3(O2)C(C(=O)N(CC=C)C(C)CCC)N(CCO)C(=O)[C@H]13. The molecule has 3 unspecified atom stereocenters. The lowest BCUT2D eigenvalue weighted by molar-refractivity contribution is -0.155. The summed E-state index contributed by atoms with van der Waals surface area (Å²) in [6, 6.07) is -0.910. The van der Waals surface area contributed by atoms with Crippen molar-refractivity contribution in [2.24, 2.45) is 11.8 Å². The zero-order valence-electron chi connectivity index (χ0n) is 19.2. The van der Waals surface area contributed by atoms with Gasteiger partial charge in [0.05, 0.1) is 31.2 Å². The van der Waals surface area contributed by atoms with Crippen LogP contribution >= 0.6 is 0 Å². The molecular weight excluding hydrogens is 412 g/mol. The molecule has 1 spiro atoms. The van der Waals surface area contributed by atoms with Crippen molar-refractivity contribution in [2.75, 3.05) is 26.3 Å². The summed E-state index contributed by atoms with van der Waals surface area (Å²) in [7, 11) is 0. The van der Waals surface area contributed by atoms with Crippen LogP contribution in [0, 0.1) is 11.8 Å². The third kappa shape index (κ3) is 3.99. The molecule has 0 aromatic heterocycles. The number of carbonyl (C=O) groups excluding carboxylic acids is 3. The van der Waals surface area contributed by atoms with Gasteiger partial charge in [-0.25, -0.2) is 0 Å². The molecule has 8 nitrogen and oxygen atoms in total. The average Bonchev–Trinajstić information content (AvgIpc) is 3.40. The normalized spacial score (nSPS) is 31.3. The molecule has 8 heteroatoms. The summed E-state index contributed by atoms with van der Waals surface area (Å²) < 4.78 is 11.7. The van der Waals surface area contributed by atoms with Crippen molar-refractivity contribution in [3.8, 4) is 0 Å². The van der Waals surface area contributed by atoms with Crippen molar-refractivity contribution >= 4 is 17.8 Å². The number of fused-ring (bicyclic) bond motifs is 1. The van der Waals surface area contributed by atoms with Gasteiger partial charge in [0.1, 0.15) is 11.6 Å². The van der Waals surface area contributed by atoms with Crippen LogP contribution in [-0.4, -0.2) is 82.8 Å². The van der Waals surface area contributed by atoms with E-state index in [9.17, 15) is 19.5 Å². The van der Waals surface area contributed by atoms with E-state index in [0.717, 1.165) is 12.8 Å². The summed E-state index contributed by atoms with van der Waals surface area (Å²) in [5.41, 5.74) is -1.07. The van der Waals surface area contributed by atoms with Crippen LogP contribution in [-0.2, 0) is 23.9 Å². The summed E-state index contributed by atoms with van der Waals surface area (Å²) in [6.45, 7) is 11.8. The fraction of sp³-hybridized carbons (Fsp3) is 0.708. The van der Waals surface area contributed by atoms with E-state index in [4.69, 9.17) is 9.47 Å². The fourth-order valence-electron chi connectivity index (χ4n) is 5.74. The number of likely N-dealkylation sites (tertiary alicyclic amines) is 1. The summed E-state index contributed by atoms with van der Waals surface area (Å²) >= 11 is 0. The first-order chi connectivity index (χ1) is 15.4. The molecule has 0 saturated carbocycles. The third-order valence-electron chi connectivity index (χ3n) is 7.06. The van der Waals surface area contributed by atoms with E-state index in [1.54, 1.807) is 17.1 Å². The highest BCUT2D eigenvalue weighted by Crippen LogP contribution is 2.58. The summed E-state index contributed by atoms with van der Waals surface area (Å²) in [4.78, 5) is 43.5. The van der Waals surface area contributed by atoms with Crippen LogP contribution in [0.4, 0.5) is 0 Å². The molecule has 2 amide bonds. The molecule has 178 valence electrons. The van der Waals surface area contributed by atoms with Gasteiger partial charge in [0, 0.05) is 19.1 Å². The van der Waals surface area contributed by atoms with E-state index in [0.29, 0.717) is 25.8 Å². The number of β-amino-alcohol motifs (C(OH)–C–C–N with tert-alkyl or cyclic N) is 1. The molecule has 1 N–H and O–H groups in total.